The van der Waals surface area contributed by atoms with E-state index in [-0.39, 0.29) is 12.5 Å². The van der Waals surface area contributed by atoms with Gasteiger partial charge in [-0.3, -0.25) is 4.79 Å². The minimum atomic E-state index is -0.712. The van der Waals surface area contributed by atoms with Crippen LogP contribution in [0, 0.1) is 13.8 Å². The number of carbonyl (C=O) groups is 2. The Labute approximate surface area is 174 Å². The normalized spacial score (nSPS) is 11.4. The van der Waals surface area contributed by atoms with E-state index in [1.165, 1.54) is 7.11 Å². The van der Waals surface area contributed by atoms with Crippen LogP contribution in [0.5, 0.6) is 0 Å². The number of esters is 1. The molecule has 8 heteroatoms. The van der Waals surface area contributed by atoms with Gasteiger partial charge in [0.2, 0.25) is 0 Å². The average Bonchev–Trinajstić information content (AvgIpc) is 2.91. The fourth-order valence-corrected chi connectivity index (χ4v) is 3.17. The lowest BCUT2D eigenvalue weighted by Crippen LogP contribution is -2.41. The Bertz CT molecular complexity index is 891. The maximum atomic E-state index is 12.9. The number of amides is 1. The first-order valence-electron chi connectivity index (χ1n) is 8.71. The van der Waals surface area contributed by atoms with Crippen LogP contribution in [0.3, 0.4) is 0 Å². The molecule has 28 heavy (non-hydrogen) atoms. The number of methoxy groups -OCH3 is 1. The summed E-state index contributed by atoms with van der Waals surface area (Å²) in [6.45, 7) is 7.59. The number of carbonyl (C=O) groups excluding carboxylic acids is 2. The van der Waals surface area contributed by atoms with Crippen molar-refractivity contribution in [2.45, 2.75) is 33.2 Å². The molecule has 2 aromatic rings. The van der Waals surface area contributed by atoms with Crippen molar-refractivity contribution in [1.29, 1.82) is 0 Å². The number of aromatic amines is 1. The van der Waals surface area contributed by atoms with Crippen molar-refractivity contribution in [2.24, 2.45) is 0 Å². The first kappa shape index (κ1) is 22.3. The van der Waals surface area contributed by atoms with E-state index in [0.29, 0.717) is 39.2 Å². The van der Waals surface area contributed by atoms with Crippen LogP contribution in [0.4, 0.5) is 0 Å². The van der Waals surface area contributed by atoms with Crippen LogP contribution < -0.4 is 5.32 Å². The van der Waals surface area contributed by atoms with Crippen molar-refractivity contribution < 1.29 is 19.1 Å². The van der Waals surface area contributed by atoms with Gasteiger partial charge in [0.15, 0.2) is 0 Å². The van der Waals surface area contributed by atoms with Crippen LogP contribution in [0.15, 0.2) is 18.2 Å². The van der Waals surface area contributed by atoms with Crippen LogP contribution in [0.2, 0.25) is 10.0 Å². The van der Waals surface area contributed by atoms with Crippen LogP contribution in [0.1, 0.15) is 51.5 Å². The summed E-state index contributed by atoms with van der Waals surface area (Å²) in [5.41, 5.74) is 1.85. The number of benzene rings is 1. The van der Waals surface area contributed by atoms with Gasteiger partial charge in [-0.25, -0.2) is 4.79 Å². The molecule has 0 bridgehead atoms. The van der Waals surface area contributed by atoms with Crippen LogP contribution in [-0.2, 0) is 15.0 Å². The van der Waals surface area contributed by atoms with E-state index in [2.05, 4.69) is 10.3 Å². The van der Waals surface area contributed by atoms with Gasteiger partial charge in [-0.1, -0.05) is 29.3 Å². The van der Waals surface area contributed by atoms with E-state index < -0.39 is 11.5 Å². The highest BCUT2D eigenvalue weighted by Gasteiger charge is 2.28. The molecule has 1 aromatic carbocycles. The molecule has 152 valence electrons. The Hall–Kier alpha value is -2.02. The van der Waals surface area contributed by atoms with E-state index in [9.17, 15) is 9.59 Å². The smallest absolute Gasteiger partial charge is 0.340 e. The van der Waals surface area contributed by atoms with Crippen LogP contribution >= 0.6 is 23.2 Å². The SMILES string of the molecule is COCCOC(=O)c1c(C)[nH]c(C(=O)NC(C)(C)c2ccc(Cl)c(Cl)c2)c1C. The van der Waals surface area contributed by atoms with Gasteiger partial charge >= 0.3 is 5.97 Å². The van der Waals surface area contributed by atoms with E-state index in [1.54, 1.807) is 32.0 Å². The fourth-order valence-electron chi connectivity index (χ4n) is 2.88. The summed E-state index contributed by atoms with van der Waals surface area (Å²) in [6.07, 6.45) is 0. The predicted octanol–water partition coefficient (Wildman–Crippen LogP) is 4.41. The lowest BCUT2D eigenvalue weighted by molar-refractivity contribution is 0.0387. The number of ether oxygens (including phenoxy) is 2. The van der Waals surface area contributed by atoms with Gasteiger partial charge < -0.3 is 19.8 Å². The Morgan fingerprint density at radius 3 is 2.43 bits per heavy atom. The van der Waals surface area contributed by atoms with Crippen molar-refractivity contribution in [3.63, 3.8) is 0 Å². The zero-order valence-corrected chi connectivity index (χ0v) is 18.0. The largest absolute Gasteiger partial charge is 0.460 e. The Kier molecular flexibility index (Phi) is 7.15. The third-order valence-corrected chi connectivity index (χ3v) is 5.20. The summed E-state index contributed by atoms with van der Waals surface area (Å²) >= 11 is 12.1. The zero-order chi connectivity index (χ0) is 21.1. The number of halogens is 2. The van der Waals surface area contributed by atoms with Gasteiger partial charge in [-0.05, 0) is 51.0 Å². The van der Waals surface area contributed by atoms with E-state index in [1.807, 2.05) is 13.8 Å². The quantitative estimate of drug-likeness (QED) is 0.507. The minimum Gasteiger partial charge on any atom is -0.460 e. The number of H-pyrrole nitrogens is 1. The second-order valence-corrected chi connectivity index (χ2v) is 7.78. The monoisotopic (exact) mass is 426 g/mol. The number of hydrogen-bond donors (Lipinski definition) is 2. The molecule has 6 nitrogen and oxygen atoms in total. The Morgan fingerprint density at radius 2 is 1.82 bits per heavy atom. The molecule has 1 heterocycles. The van der Waals surface area contributed by atoms with E-state index in [0.717, 1.165) is 5.56 Å². The lowest BCUT2D eigenvalue weighted by atomic mass is 9.94. The molecule has 0 saturated heterocycles. The molecule has 0 saturated carbocycles. The molecule has 0 unspecified atom stereocenters. The standard InChI is InChI=1S/C20H24Cl2N2O4/c1-11-16(19(26)28-9-8-27-5)12(2)23-17(11)18(25)24-20(3,4)13-6-7-14(21)15(22)10-13/h6-7,10,23H,8-9H2,1-5H3,(H,24,25). The van der Waals surface area contributed by atoms with Crippen molar-refractivity contribution in [2.75, 3.05) is 20.3 Å². The van der Waals surface area contributed by atoms with Gasteiger partial charge in [0, 0.05) is 12.8 Å². The molecule has 2 N–H and O–H groups in total. The lowest BCUT2D eigenvalue weighted by Gasteiger charge is -2.27. The van der Waals surface area contributed by atoms with E-state index in [4.69, 9.17) is 32.7 Å². The van der Waals surface area contributed by atoms with Crippen molar-refractivity contribution in [1.82, 2.24) is 10.3 Å². The minimum absolute atomic E-state index is 0.144. The first-order chi connectivity index (χ1) is 13.1. The van der Waals surface area contributed by atoms with Crippen molar-refractivity contribution >= 4 is 35.1 Å². The molecule has 0 aliphatic carbocycles. The predicted molar refractivity (Wildman–Crippen MR) is 109 cm³/mol. The fraction of sp³-hybridized carbons (Fsp3) is 0.400. The molecule has 0 fully saturated rings. The second kappa shape index (κ2) is 8.99. The van der Waals surface area contributed by atoms with Crippen molar-refractivity contribution in [3.05, 3.63) is 56.3 Å². The topological polar surface area (TPSA) is 80.4 Å². The summed E-state index contributed by atoms with van der Waals surface area (Å²) in [5, 5.41) is 3.82. The second-order valence-electron chi connectivity index (χ2n) is 6.96. The molecule has 0 radical (unpaired) electrons. The molecule has 1 aromatic heterocycles. The summed E-state index contributed by atoms with van der Waals surface area (Å²) < 4.78 is 10.1. The summed E-state index contributed by atoms with van der Waals surface area (Å²) in [5.74, 6) is -0.835. The van der Waals surface area contributed by atoms with Gasteiger partial charge in [-0.15, -0.1) is 0 Å². The molecular formula is C20H24Cl2N2O4. The zero-order valence-electron chi connectivity index (χ0n) is 16.5. The molecule has 0 atom stereocenters. The molecular weight excluding hydrogens is 403 g/mol. The van der Waals surface area contributed by atoms with Gasteiger partial charge in [-0.2, -0.15) is 0 Å². The number of aryl methyl sites for hydroxylation is 1. The Balaban J connectivity index is 2.23. The van der Waals surface area contributed by atoms with Crippen LogP contribution in [-0.4, -0.2) is 37.2 Å². The highest BCUT2D eigenvalue weighted by Crippen LogP contribution is 2.29. The van der Waals surface area contributed by atoms with Crippen molar-refractivity contribution in [3.8, 4) is 0 Å². The molecule has 1 amide bonds. The number of nitrogens with one attached hydrogen (secondary N) is 2. The highest BCUT2D eigenvalue weighted by atomic mass is 35.5. The molecule has 0 aliphatic rings. The maximum absolute atomic E-state index is 12.9. The first-order valence-corrected chi connectivity index (χ1v) is 9.47. The molecule has 0 aliphatic heterocycles. The van der Waals surface area contributed by atoms with Gasteiger partial charge in [0.1, 0.15) is 12.3 Å². The van der Waals surface area contributed by atoms with E-state index >= 15 is 0 Å². The third kappa shape index (κ3) is 4.87. The number of hydrogen-bond acceptors (Lipinski definition) is 4. The molecule has 2 rings (SSSR count). The number of rotatable bonds is 7. The van der Waals surface area contributed by atoms with Crippen LogP contribution in [0.25, 0.3) is 0 Å². The Morgan fingerprint density at radius 1 is 1.14 bits per heavy atom. The summed E-state index contributed by atoms with van der Waals surface area (Å²) in [4.78, 5) is 28.2. The molecule has 0 spiro atoms. The maximum Gasteiger partial charge on any atom is 0.340 e. The number of aromatic nitrogens is 1. The highest BCUT2D eigenvalue weighted by molar-refractivity contribution is 6.42. The summed E-state index contributed by atoms with van der Waals surface area (Å²) in [6, 6.07) is 5.21. The average molecular weight is 427 g/mol. The summed E-state index contributed by atoms with van der Waals surface area (Å²) in [7, 11) is 1.53. The van der Waals surface area contributed by atoms with Gasteiger partial charge in [0.25, 0.3) is 5.91 Å². The third-order valence-electron chi connectivity index (χ3n) is 4.46. The van der Waals surface area contributed by atoms with Gasteiger partial charge in [0.05, 0.1) is 27.8 Å².